The van der Waals surface area contributed by atoms with Crippen LogP contribution >= 0.6 is 22.9 Å². The Balaban J connectivity index is 2.13. The van der Waals surface area contributed by atoms with E-state index in [-0.39, 0.29) is 6.10 Å². The molecule has 1 aromatic rings. The van der Waals surface area contributed by atoms with Crippen LogP contribution in [0.25, 0.3) is 0 Å². The van der Waals surface area contributed by atoms with Gasteiger partial charge in [-0.05, 0) is 32.0 Å². The monoisotopic (exact) mass is 219 g/mol. The van der Waals surface area contributed by atoms with Crippen molar-refractivity contribution < 1.29 is 5.11 Å². The zero-order valence-electron chi connectivity index (χ0n) is 7.59. The van der Waals surface area contributed by atoms with Crippen molar-refractivity contribution in [2.45, 2.75) is 26.0 Å². The molecule has 0 saturated heterocycles. The Morgan fingerprint density at radius 3 is 2.92 bits per heavy atom. The minimum absolute atomic E-state index is 0.223. The molecule has 1 aromatic heterocycles. The van der Waals surface area contributed by atoms with Crippen LogP contribution in [0, 0.1) is 0 Å². The van der Waals surface area contributed by atoms with E-state index in [1.807, 2.05) is 12.1 Å². The third-order valence-electron chi connectivity index (χ3n) is 1.67. The molecule has 0 aliphatic heterocycles. The minimum Gasteiger partial charge on any atom is -0.393 e. The van der Waals surface area contributed by atoms with Crippen molar-refractivity contribution in [3.63, 3.8) is 0 Å². The quantitative estimate of drug-likeness (QED) is 0.745. The molecule has 0 spiro atoms. The standard InChI is InChI=1S/C9H14ClNOS/c1-7(12)4-5-11-6-8-2-3-9(10)13-8/h2-3,7,11-12H,4-6H2,1H3. The first-order chi connectivity index (χ1) is 6.18. The lowest BCUT2D eigenvalue weighted by molar-refractivity contribution is 0.183. The molecule has 0 saturated carbocycles. The lowest BCUT2D eigenvalue weighted by Gasteiger charge is -2.04. The zero-order valence-corrected chi connectivity index (χ0v) is 9.16. The van der Waals surface area contributed by atoms with Crippen LogP contribution in [0.5, 0.6) is 0 Å². The maximum absolute atomic E-state index is 9.00. The molecule has 1 heterocycles. The lowest BCUT2D eigenvalue weighted by atomic mass is 10.3. The Bertz CT molecular complexity index is 250. The van der Waals surface area contributed by atoms with E-state index in [0.717, 1.165) is 23.8 Å². The van der Waals surface area contributed by atoms with Gasteiger partial charge in [-0.15, -0.1) is 11.3 Å². The molecule has 1 atom stereocenters. The molecule has 0 fully saturated rings. The summed E-state index contributed by atoms with van der Waals surface area (Å²) in [6, 6.07) is 3.92. The minimum atomic E-state index is -0.223. The van der Waals surface area contributed by atoms with Gasteiger partial charge >= 0.3 is 0 Å². The molecule has 2 nitrogen and oxygen atoms in total. The van der Waals surface area contributed by atoms with Gasteiger partial charge in [0.05, 0.1) is 10.4 Å². The molecule has 0 aromatic carbocycles. The number of aliphatic hydroxyl groups excluding tert-OH is 1. The Hall–Kier alpha value is -0.0900. The van der Waals surface area contributed by atoms with Crippen molar-refractivity contribution in [1.29, 1.82) is 0 Å². The lowest BCUT2D eigenvalue weighted by Crippen LogP contribution is -2.17. The third kappa shape index (κ3) is 4.62. The van der Waals surface area contributed by atoms with Crippen LogP contribution in [0.1, 0.15) is 18.2 Å². The fourth-order valence-electron chi connectivity index (χ4n) is 0.969. The number of thiophene rings is 1. The number of aliphatic hydroxyl groups is 1. The van der Waals surface area contributed by atoms with Gasteiger partial charge in [0, 0.05) is 11.4 Å². The Morgan fingerprint density at radius 1 is 1.62 bits per heavy atom. The van der Waals surface area contributed by atoms with Gasteiger partial charge in [0.2, 0.25) is 0 Å². The zero-order chi connectivity index (χ0) is 9.68. The van der Waals surface area contributed by atoms with E-state index >= 15 is 0 Å². The number of rotatable bonds is 5. The van der Waals surface area contributed by atoms with E-state index in [0.29, 0.717) is 0 Å². The molecule has 0 bridgehead atoms. The average Bonchev–Trinajstić information content (AvgIpc) is 2.45. The first-order valence-electron chi connectivity index (χ1n) is 4.31. The predicted molar refractivity (Wildman–Crippen MR) is 57.3 cm³/mol. The van der Waals surface area contributed by atoms with Crippen LogP contribution in [0.2, 0.25) is 4.34 Å². The molecule has 74 valence electrons. The molecule has 0 aliphatic carbocycles. The predicted octanol–water partition coefficient (Wildman–Crippen LogP) is 2.26. The highest BCUT2D eigenvalue weighted by atomic mass is 35.5. The summed E-state index contributed by atoms with van der Waals surface area (Å²) in [6.45, 7) is 3.47. The third-order valence-corrected chi connectivity index (χ3v) is 2.90. The largest absolute Gasteiger partial charge is 0.393 e. The SMILES string of the molecule is CC(O)CCNCc1ccc(Cl)s1. The summed E-state index contributed by atoms with van der Waals surface area (Å²) in [5, 5.41) is 12.2. The van der Waals surface area contributed by atoms with Gasteiger partial charge < -0.3 is 10.4 Å². The first-order valence-corrected chi connectivity index (χ1v) is 5.51. The highest BCUT2D eigenvalue weighted by Crippen LogP contribution is 2.20. The van der Waals surface area contributed by atoms with Gasteiger partial charge in [-0.1, -0.05) is 11.6 Å². The van der Waals surface area contributed by atoms with Crippen molar-refractivity contribution in [3.05, 3.63) is 21.3 Å². The summed E-state index contributed by atoms with van der Waals surface area (Å²) in [5.41, 5.74) is 0. The molecule has 0 radical (unpaired) electrons. The van der Waals surface area contributed by atoms with E-state index < -0.39 is 0 Å². The summed E-state index contributed by atoms with van der Waals surface area (Å²) in [7, 11) is 0. The van der Waals surface area contributed by atoms with Gasteiger partial charge in [-0.25, -0.2) is 0 Å². The number of halogens is 1. The van der Waals surface area contributed by atoms with Gasteiger partial charge in [-0.3, -0.25) is 0 Å². The average molecular weight is 220 g/mol. The second-order valence-electron chi connectivity index (χ2n) is 3.02. The molecule has 1 unspecified atom stereocenters. The Kier molecular flexibility index (Phi) is 4.73. The topological polar surface area (TPSA) is 32.3 Å². The smallest absolute Gasteiger partial charge is 0.0931 e. The molecule has 1 rings (SSSR count). The second kappa shape index (κ2) is 5.60. The maximum Gasteiger partial charge on any atom is 0.0931 e. The van der Waals surface area contributed by atoms with Gasteiger partial charge in [0.1, 0.15) is 0 Å². The van der Waals surface area contributed by atoms with E-state index in [9.17, 15) is 0 Å². The van der Waals surface area contributed by atoms with Crippen LogP contribution < -0.4 is 5.32 Å². The van der Waals surface area contributed by atoms with Gasteiger partial charge in [-0.2, -0.15) is 0 Å². The van der Waals surface area contributed by atoms with E-state index in [1.54, 1.807) is 18.3 Å². The van der Waals surface area contributed by atoms with Crippen molar-refractivity contribution in [2.75, 3.05) is 6.54 Å². The van der Waals surface area contributed by atoms with Crippen LogP contribution in [-0.2, 0) is 6.54 Å². The highest BCUT2D eigenvalue weighted by Gasteiger charge is 1.98. The van der Waals surface area contributed by atoms with Crippen LogP contribution in [0.3, 0.4) is 0 Å². The normalized spacial score (nSPS) is 13.2. The summed E-state index contributed by atoms with van der Waals surface area (Å²) in [4.78, 5) is 1.23. The highest BCUT2D eigenvalue weighted by molar-refractivity contribution is 7.16. The summed E-state index contributed by atoms with van der Waals surface area (Å²) in [6.07, 6.45) is 0.568. The molecule has 0 aliphatic rings. The summed E-state index contributed by atoms with van der Waals surface area (Å²) >= 11 is 7.36. The van der Waals surface area contributed by atoms with Crippen LogP contribution in [-0.4, -0.2) is 17.8 Å². The maximum atomic E-state index is 9.00. The van der Waals surface area contributed by atoms with Crippen molar-refractivity contribution >= 4 is 22.9 Å². The fraction of sp³-hybridized carbons (Fsp3) is 0.556. The molecular formula is C9H14ClNOS. The molecule has 0 amide bonds. The van der Waals surface area contributed by atoms with Gasteiger partial charge in [0.25, 0.3) is 0 Å². The Labute approximate surface area is 87.5 Å². The number of hydrogen-bond donors (Lipinski definition) is 2. The number of nitrogens with one attached hydrogen (secondary N) is 1. The van der Waals surface area contributed by atoms with Crippen LogP contribution in [0.15, 0.2) is 12.1 Å². The van der Waals surface area contributed by atoms with Crippen molar-refractivity contribution in [1.82, 2.24) is 5.32 Å². The molecule has 4 heteroatoms. The van der Waals surface area contributed by atoms with Crippen molar-refractivity contribution in [2.24, 2.45) is 0 Å². The molecule has 2 N–H and O–H groups in total. The van der Waals surface area contributed by atoms with Crippen molar-refractivity contribution in [3.8, 4) is 0 Å². The van der Waals surface area contributed by atoms with Crippen LogP contribution in [0.4, 0.5) is 0 Å². The second-order valence-corrected chi connectivity index (χ2v) is 4.82. The van der Waals surface area contributed by atoms with Gasteiger partial charge in [0.15, 0.2) is 0 Å². The number of hydrogen-bond acceptors (Lipinski definition) is 3. The summed E-state index contributed by atoms with van der Waals surface area (Å²) in [5.74, 6) is 0. The molecule has 13 heavy (non-hydrogen) atoms. The molecular weight excluding hydrogens is 206 g/mol. The van der Waals surface area contributed by atoms with E-state index in [1.165, 1.54) is 4.88 Å². The summed E-state index contributed by atoms with van der Waals surface area (Å²) < 4.78 is 0.826. The Morgan fingerprint density at radius 2 is 2.38 bits per heavy atom. The van der Waals surface area contributed by atoms with E-state index in [4.69, 9.17) is 16.7 Å². The fourth-order valence-corrected chi connectivity index (χ4v) is 2.03. The first kappa shape index (κ1) is 11.0. The van der Waals surface area contributed by atoms with E-state index in [2.05, 4.69) is 5.32 Å².